The second-order valence-corrected chi connectivity index (χ2v) is 5.82. The lowest BCUT2D eigenvalue weighted by molar-refractivity contribution is 0.0349. The molecule has 3 rings (SSSR count). The van der Waals surface area contributed by atoms with E-state index in [-0.39, 0.29) is 0 Å². The molecule has 0 aromatic carbocycles. The van der Waals surface area contributed by atoms with Crippen molar-refractivity contribution < 1.29 is 0 Å². The molecule has 3 heterocycles. The molecule has 0 amide bonds. The van der Waals surface area contributed by atoms with Gasteiger partial charge in [0.05, 0.1) is 0 Å². The maximum absolute atomic E-state index is 3.41. The van der Waals surface area contributed by atoms with Crippen LogP contribution in [0.25, 0.3) is 0 Å². The molecule has 0 spiro atoms. The van der Waals surface area contributed by atoms with Gasteiger partial charge < -0.3 is 10.2 Å². The van der Waals surface area contributed by atoms with Crippen LogP contribution in [0.15, 0.2) is 0 Å². The summed E-state index contributed by atoms with van der Waals surface area (Å²) in [6, 6.07) is 3.46. The molecule has 0 aliphatic carbocycles. The molecule has 3 aliphatic heterocycles. The molecule has 0 radical (unpaired) electrons. The van der Waals surface area contributed by atoms with Crippen molar-refractivity contribution in [2.24, 2.45) is 0 Å². The zero-order valence-corrected chi connectivity index (χ0v) is 10.7. The molecule has 92 valence electrons. The van der Waals surface area contributed by atoms with E-state index in [1.54, 1.807) is 0 Å². The predicted octanol–water partition coefficient (Wildman–Crippen LogP) is 0.905. The summed E-state index contributed by atoms with van der Waals surface area (Å²) in [7, 11) is 2.33. The summed E-state index contributed by atoms with van der Waals surface area (Å²) in [5, 5.41) is 3.41. The van der Waals surface area contributed by atoms with Crippen LogP contribution in [0, 0.1) is 0 Å². The third-order valence-corrected chi connectivity index (χ3v) is 5.14. The molecule has 0 aromatic rings. The first-order chi connectivity index (χ1) is 7.79. The van der Waals surface area contributed by atoms with E-state index in [0.717, 1.165) is 24.2 Å². The number of nitrogens with zero attached hydrogens (tertiary/aromatic N) is 2. The van der Waals surface area contributed by atoms with E-state index in [0.29, 0.717) is 0 Å². The lowest BCUT2D eigenvalue weighted by Gasteiger charge is -2.47. The molecule has 2 atom stereocenters. The summed E-state index contributed by atoms with van der Waals surface area (Å²) in [4.78, 5) is 5.41. The van der Waals surface area contributed by atoms with E-state index in [4.69, 9.17) is 0 Å². The number of piperidine rings is 1. The number of likely N-dealkylation sites (N-methyl/N-ethyl adjacent to an activating group) is 1. The lowest BCUT2D eigenvalue weighted by atomic mass is 9.94. The Bertz CT molecular complexity index is 238. The molecule has 3 heteroatoms. The van der Waals surface area contributed by atoms with Gasteiger partial charge in [-0.3, -0.25) is 4.90 Å². The third kappa shape index (κ3) is 1.69. The largest absolute Gasteiger partial charge is 0.314 e. The standard InChI is InChI=1S/C13H25N3/c1-3-16(13-8-14-9-13)12-6-10-4-5-11(7-12)15(10)2/h10-14H,3-9H2,1-2H3. The Balaban J connectivity index is 1.66. The van der Waals surface area contributed by atoms with Crippen LogP contribution in [-0.2, 0) is 0 Å². The summed E-state index contributed by atoms with van der Waals surface area (Å²) in [6.45, 7) is 6.00. The SMILES string of the molecule is CCN(C1CNC1)C1CC2CCC(C1)N2C. The smallest absolute Gasteiger partial charge is 0.0348 e. The fourth-order valence-corrected chi connectivity index (χ4v) is 3.98. The Morgan fingerprint density at radius 1 is 1.12 bits per heavy atom. The zero-order valence-electron chi connectivity index (χ0n) is 10.7. The fraction of sp³-hybridized carbons (Fsp3) is 1.00. The van der Waals surface area contributed by atoms with Gasteiger partial charge in [0.1, 0.15) is 0 Å². The molecule has 1 N–H and O–H groups in total. The minimum Gasteiger partial charge on any atom is -0.314 e. The monoisotopic (exact) mass is 223 g/mol. The van der Waals surface area contributed by atoms with Crippen LogP contribution in [-0.4, -0.2) is 60.6 Å². The van der Waals surface area contributed by atoms with Crippen LogP contribution in [0.4, 0.5) is 0 Å². The van der Waals surface area contributed by atoms with Gasteiger partial charge in [0.25, 0.3) is 0 Å². The van der Waals surface area contributed by atoms with Gasteiger partial charge in [-0.15, -0.1) is 0 Å². The molecule has 0 saturated carbocycles. The molecule has 3 aliphatic rings. The van der Waals surface area contributed by atoms with E-state index < -0.39 is 0 Å². The molecule has 2 bridgehead atoms. The lowest BCUT2D eigenvalue weighted by Crippen LogP contribution is -2.62. The average Bonchev–Trinajstić information content (AvgIpc) is 2.48. The molecular formula is C13H25N3. The summed E-state index contributed by atoms with van der Waals surface area (Å²) >= 11 is 0. The van der Waals surface area contributed by atoms with Crippen molar-refractivity contribution in [3.63, 3.8) is 0 Å². The maximum Gasteiger partial charge on any atom is 0.0348 e. The van der Waals surface area contributed by atoms with E-state index in [2.05, 4.69) is 29.1 Å². The van der Waals surface area contributed by atoms with Crippen molar-refractivity contribution >= 4 is 0 Å². The molecule has 3 nitrogen and oxygen atoms in total. The summed E-state index contributed by atoms with van der Waals surface area (Å²) in [6.07, 6.45) is 5.71. The van der Waals surface area contributed by atoms with Crippen molar-refractivity contribution in [2.75, 3.05) is 26.7 Å². The van der Waals surface area contributed by atoms with Gasteiger partial charge in [0.15, 0.2) is 0 Å². The number of hydrogen-bond donors (Lipinski definition) is 1. The van der Waals surface area contributed by atoms with Crippen LogP contribution in [0.3, 0.4) is 0 Å². The number of rotatable bonds is 3. The van der Waals surface area contributed by atoms with Crippen molar-refractivity contribution in [1.29, 1.82) is 0 Å². The van der Waals surface area contributed by atoms with Crippen molar-refractivity contribution in [3.05, 3.63) is 0 Å². The summed E-state index contributed by atoms with van der Waals surface area (Å²) in [5.74, 6) is 0. The van der Waals surface area contributed by atoms with E-state index in [1.807, 2.05) is 0 Å². The second-order valence-electron chi connectivity index (χ2n) is 5.82. The van der Waals surface area contributed by atoms with Gasteiger partial charge in [-0.05, 0) is 39.3 Å². The Morgan fingerprint density at radius 3 is 2.19 bits per heavy atom. The highest BCUT2D eigenvalue weighted by molar-refractivity contribution is 4.99. The first-order valence-corrected chi connectivity index (χ1v) is 6.98. The highest BCUT2D eigenvalue weighted by Crippen LogP contribution is 2.36. The molecule has 0 aromatic heterocycles. The first-order valence-electron chi connectivity index (χ1n) is 6.98. The molecule has 16 heavy (non-hydrogen) atoms. The molecule has 3 saturated heterocycles. The highest BCUT2D eigenvalue weighted by Gasteiger charge is 2.41. The summed E-state index contributed by atoms with van der Waals surface area (Å²) < 4.78 is 0. The Morgan fingerprint density at radius 2 is 1.75 bits per heavy atom. The van der Waals surface area contributed by atoms with Crippen molar-refractivity contribution in [2.45, 2.75) is 56.8 Å². The van der Waals surface area contributed by atoms with E-state index in [1.165, 1.54) is 45.3 Å². The number of nitrogens with one attached hydrogen (secondary N) is 1. The van der Waals surface area contributed by atoms with Crippen LogP contribution < -0.4 is 5.32 Å². The third-order valence-electron chi connectivity index (χ3n) is 5.14. The quantitative estimate of drug-likeness (QED) is 0.767. The predicted molar refractivity (Wildman–Crippen MR) is 66.6 cm³/mol. The van der Waals surface area contributed by atoms with Gasteiger partial charge >= 0.3 is 0 Å². The number of hydrogen-bond acceptors (Lipinski definition) is 3. The molecule has 2 unspecified atom stereocenters. The minimum absolute atomic E-state index is 0.831. The molecular weight excluding hydrogens is 198 g/mol. The zero-order chi connectivity index (χ0) is 11.1. The second kappa shape index (κ2) is 4.28. The van der Waals surface area contributed by atoms with Crippen LogP contribution in [0.1, 0.15) is 32.6 Å². The maximum atomic E-state index is 3.41. The average molecular weight is 223 g/mol. The Labute approximate surface area is 99.2 Å². The number of fused-ring (bicyclic) bond motifs is 2. The minimum atomic E-state index is 0.831. The van der Waals surface area contributed by atoms with Crippen molar-refractivity contribution in [3.8, 4) is 0 Å². The van der Waals surface area contributed by atoms with Gasteiger partial charge in [-0.1, -0.05) is 6.92 Å². The van der Waals surface area contributed by atoms with Gasteiger partial charge in [-0.2, -0.15) is 0 Å². The fourth-order valence-electron chi connectivity index (χ4n) is 3.98. The highest BCUT2D eigenvalue weighted by atomic mass is 15.3. The van der Waals surface area contributed by atoms with E-state index >= 15 is 0 Å². The van der Waals surface area contributed by atoms with Gasteiger partial charge in [0, 0.05) is 37.3 Å². The van der Waals surface area contributed by atoms with Crippen LogP contribution in [0.5, 0.6) is 0 Å². The van der Waals surface area contributed by atoms with Crippen LogP contribution in [0.2, 0.25) is 0 Å². The first kappa shape index (κ1) is 11.0. The Kier molecular flexibility index (Phi) is 2.94. The topological polar surface area (TPSA) is 18.5 Å². The van der Waals surface area contributed by atoms with E-state index in [9.17, 15) is 0 Å². The van der Waals surface area contributed by atoms with Crippen molar-refractivity contribution in [1.82, 2.24) is 15.1 Å². The molecule has 3 fully saturated rings. The summed E-state index contributed by atoms with van der Waals surface area (Å²) in [5.41, 5.74) is 0. The van der Waals surface area contributed by atoms with Gasteiger partial charge in [-0.25, -0.2) is 0 Å². The van der Waals surface area contributed by atoms with Crippen LogP contribution >= 0.6 is 0 Å². The normalized spacial score (nSPS) is 40.3. The van der Waals surface area contributed by atoms with Gasteiger partial charge in [0.2, 0.25) is 0 Å². The Hall–Kier alpha value is -0.120.